The van der Waals surface area contributed by atoms with Crippen LogP contribution in [0.25, 0.3) is 0 Å². The van der Waals surface area contributed by atoms with Gasteiger partial charge in [0.1, 0.15) is 0 Å². The maximum atomic E-state index is 3.90. The van der Waals surface area contributed by atoms with Gasteiger partial charge in [0.2, 0.25) is 0 Å². The number of rotatable bonds is 1. The highest BCUT2D eigenvalue weighted by molar-refractivity contribution is 4.79. The molecule has 0 spiro atoms. The van der Waals surface area contributed by atoms with Crippen LogP contribution >= 0.6 is 0 Å². The fourth-order valence-corrected chi connectivity index (χ4v) is 0.665. The van der Waals surface area contributed by atoms with E-state index in [0.717, 1.165) is 5.92 Å². The van der Waals surface area contributed by atoms with Crippen molar-refractivity contribution in [1.29, 1.82) is 0 Å². The quantitative estimate of drug-likeness (QED) is 0.454. The van der Waals surface area contributed by atoms with Crippen molar-refractivity contribution >= 4 is 0 Å². The zero-order valence-corrected chi connectivity index (χ0v) is 4.28. The second-order valence-corrected chi connectivity index (χ2v) is 2.31. The second-order valence-electron chi connectivity index (χ2n) is 2.31. The first kappa shape index (κ1) is 4.17. The molecular weight excluding hydrogens is 72.1 g/mol. The van der Waals surface area contributed by atoms with Crippen molar-refractivity contribution in [2.45, 2.75) is 19.8 Å². The summed E-state index contributed by atoms with van der Waals surface area (Å²) in [5.41, 5.74) is 0. The summed E-state index contributed by atoms with van der Waals surface area (Å²) in [6.45, 7) is 6.09. The van der Waals surface area contributed by atoms with Gasteiger partial charge in [0, 0.05) is 0 Å². The van der Waals surface area contributed by atoms with Crippen molar-refractivity contribution in [2.75, 3.05) is 0 Å². The first-order chi connectivity index (χ1) is 2.80. The van der Waals surface area contributed by atoms with Crippen LogP contribution in [0.15, 0.2) is 0 Å². The number of hydrogen-bond acceptors (Lipinski definition) is 0. The van der Waals surface area contributed by atoms with Crippen molar-refractivity contribution < 1.29 is 0 Å². The minimum absolute atomic E-state index is 0.713. The lowest BCUT2D eigenvalue weighted by molar-refractivity contribution is 0.624. The van der Waals surface area contributed by atoms with Crippen molar-refractivity contribution in [2.24, 2.45) is 11.8 Å². The molecule has 1 radical (unpaired) electrons. The van der Waals surface area contributed by atoms with Crippen molar-refractivity contribution in [1.82, 2.24) is 0 Å². The zero-order valence-electron chi connectivity index (χ0n) is 4.28. The highest BCUT2D eigenvalue weighted by atomic mass is 14.3. The monoisotopic (exact) mass is 83.1 g/mol. The molecule has 0 bridgehead atoms. The van der Waals surface area contributed by atoms with Gasteiger partial charge in [-0.2, -0.15) is 0 Å². The molecule has 1 atom stereocenters. The molecule has 1 aliphatic carbocycles. The van der Waals surface area contributed by atoms with Gasteiger partial charge in [-0.05, 0) is 24.7 Å². The van der Waals surface area contributed by atoms with E-state index in [1.54, 1.807) is 0 Å². The van der Waals surface area contributed by atoms with Gasteiger partial charge >= 0.3 is 0 Å². The van der Waals surface area contributed by atoms with E-state index in [1.807, 2.05) is 0 Å². The van der Waals surface area contributed by atoms with Crippen molar-refractivity contribution in [3.8, 4) is 0 Å². The molecule has 35 valence electrons. The largest absolute Gasteiger partial charge is 0.0622 e. The van der Waals surface area contributed by atoms with Gasteiger partial charge in [-0.15, -0.1) is 0 Å². The molecule has 6 heavy (non-hydrogen) atoms. The first-order valence-corrected chi connectivity index (χ1v) is 2.64. The minimum atomic E-state index is 0.713. The normalized spacial score (nSPS) is 22.5. The van der Waals surface area contributed by atoms with E-state index in [-0.39, 0.29) is 0 Å². The molecule has 0 aromatic carbocycles. The fourth-order valence-electron chi connectivity index (χ4n) is 0.665. The predicted octanol–water partition coefficient (Wildman–Crippen LogP) is 1.87. The van der Waals surface area contributed by atoms with E-state index in [2.05, 4.69) is 13.8 Å². The Morgan fingerprint density at radius 3 is 2.17 bits per heavy atom. The zero-order chi connectivity index (χ0) is 4.57. The molecule has 0 unspecified atom stereocenters. The van der Waals surface area contributed by atoms with E-state index >= 15 is 0 Å². The fraction of sp³-hybridized carbons (Fsp3) is 0.833. The minimum Gasteiger partial charge on any atom is -0.0622 e. The van der Waals surface area contributed by atoms with Gasteiger partial charge in [-0.1, -0.05) is 13.8 Å². The van der Waals surface area contributed by atoms with E-state index in [9.17, 15) is 0 Å². The third kappa shape index (κ3) is 0.735. The molecule has 1 fully saturated rings. The Kier molecular flexibility index (Phi) is 0.868. The van der Waals surface area contributed by atoms with Crippen LogP contribution in [0, 0.1) is 18.8 Å². The average molecular weight is 83.2 g/mol. The highest BCUT2D eigenvalue weighted by Gasteiger charge is 2.24. The average Bonchev–Trinajstić information content (AvgIpc) is 2.06. The van der Waals surface area contributed by atoms with E-state index < -0.39 is 0 Å². The summed E-state index contributed by atoms with van der Waals surface area (Å²) in [5, 5.41) is 0. The molecular formula is C6H11. The summed E-state index contributed by atoms with van der Waals surface area (Å²) in [6, 6.07) is 0. The van der Waals surface area contributed by atoms with Gasteiger partial charge in [-0.25, -0.2) is 0 Å². The lowest BCUT2D eigenvalue weighted by atomic mass is 10.1. The lowest BCUT2D eigenvalue weighted by Crippen LogP contribution is -1.86. The first-order valence-electron chi connectivity index (χ1n) is 2.64. The van der Waals surface area contributed by atoms with Gasteiger partial charge in [0.15, 0.2) is 0 Å². The molecule has 0 N–H and O–H groups in total. The Balaban J connectivity index is 2.13. The SMILES string of the molecule is [CH2][C@@H](C)C1CC1. The van der Waals surface area contributed by atoms with Crippen LogP contribution in [0.2, 0.25) is 0 Å². The van der Waals surface area contributed by atoms with E-state index in [4.69, 9.17) is 0 Å². The molecule has 0 amide bonds. The van der Waals surface area contributed by atoms with Crippen LogP contribution in [0.3, 0.4) is 0 Å². The molecule has 1 saturated carbocycles. The predicted molar refractivity (Wildman–Crippen MR) is 27.2 cm³/mol. The molecule has 0 aromatic heterocycles. The molecule has 0 heterocycles. The molecule has 0 nitrogen and oxygen atoms in total. The lowest BCUT2D eigenvalue weighted by Gasteiger charge is -1.93. The Bertz CT molecular complexity index is 42.0. The third-order valence-corrected chi connectivity index (χ3v) is 1.43. The Hall–Kier alpha value is 0. The van der Waals surface area contributed by atoms with Crippen LogP contribution in [0.4, 0.5) is 0 Å². The van der Waals surface area contributed by atoms with Crippen LogP contribution < -0.4 is 0 Å². The summed E-state index contributed by atoms with van der Waals surface area (Å²) in [4.78, 5) is 0. The van der Waals surface area contributed by atoms with Crippen LogP contribution in [-0.4, -0.2) is 0 Å². The topological polar surface area (TPSA) is 0 Å². The van der Waals surface area contributed by atoms with Gasteiger partial charge in [0.25, 0.3) is 0 Å². The maximum absolute atomic E-state index is 3.90. The summed E-state index contributed by atoms with van der Waals surface area (Å²) >= 11 is 0. The molecule has 0 saturated heterocycles. The van der Waals surface area contributed by atoms with Gasteiger partial charge in [0.05, 0.1) is 0 Å². The molecule has 0 aliphatic heterocycles. The number of hydrogen-bond donors (Lipinski definition) is 0. The smallest absolute Gasteiger partial charge is 0.0388 e. The van der Waals surface area contributed by atoms with Crippen LogP contribution in [-0.2, 0) is 0 Å². The highest BCUT2D eigenvalue weighted by Crippen LogP contribution is 2.35. The van der Waals surface area contributed by atoms with Gasteiger partial charge < -0.3 is 0 Å². The molecule has 0 heteroatoms. The van der Waals surface area contributed by atoms with E-state index in [1.165, 1.54) is 12.8 Å². The van der Waals surface area contributed by atoms with Crippen molar-refractivity contribution in [3.05, 3.63) is 6.92 Å². The van der Waals surface area contributed by atoms with Crippen molar-refractivity contribution in [3.63, 3.8) is 0 Å². The Morgan fingerprint density at radius 1 is 1.67 bits per heavy atom. The van der Waals surface area contributed by atoms with E-state index in [0.29, 0.717) is 5.92 Å². The summed E-state index contributed by atoms with van der Waals surface area (Å²) in [6.07, 6.45) is 2.87. The summed E-state index contributed by atoms with van der Waals surface area (Å²) in [5.74, 6) is 1.70. The molecule has 1 rings (SSSR count). The molecule has 1 aliphatic rings. The third-order valence-electron chi connectivity index (χ3n) is 1.43. The van der Waals surface area contributed by atoms with Crippen LogP contribution in [0.5, 0.6) is 0 Å². The van der Waals surface area contributed by atoms with Crippen LogP contribution in [0.1, 0.15) is 19.8 Å². The van der Waals surface area contributed by atoms with Gasteiger partial charge in [-0.3, -0.25) is 0 Å². The molecule has 0 aromatic rings. The standard InChI is InChI=1S/C6H11/c1-5(2)6-3-4-6/h5-6H,1,3-4H2,2H3/t5-/m0/s1. The summed E-state index contributed by atoms with van der Waals surface area (Å²) in [7, 11) is 0. The Labute approximate surface area is 39.6 Å². The maximum Gasteiger partial charge on any atom is -0.0388 e. The Morgan fingerprint density at radius 2 is 2.17 bits per heavy atom. The second kappa shape index (κ2) is 1.25. The summed E-state index contributed by atoms with van der Waals surface area (Å²) < 4.78 is 0.